The lowest BCUT2D eigenvalue weighted by Gasteiger charge is -2.41. The predicted octanol–water partition coefficient (Wildman–Crippen LogP) is 3.64. The zero-order chi connectivity index (χ0) is 11.6. The molecule has 0 amide bonds. The number of hydrogen-bond donors (Lipinski definition) is 0. The molecule has 1 aromatic rings. The first-order valence-electron chi connectivity index (χ1n) is 6.63. The van der Waals surface area contributed by atoms with Crippen molar-refractivity contribution in [1.82, 2.24) is 9.55 Å². The van der Waals surface area contributed by atoms with Crippen LogP contribution in [0.15, 0.2) is 18.7 Å². The maximum Gasteiger partial charge on any atom is 0.0946 e. The fourth-order valence-electron chi connectivity index (χ4n) is 3.05. The van der Waals surface area contributed by atoms with Crippen molar-refractivity contribution in [2.24, 2.45) is 5.92 Å². The van der Waals surface area contributed by atoms with Crippen LogP contribution in [0.5, 0.6) is 0 Å². The molecule has 1 saturated carbocycles. The van der Waals surface area contributed by atoms with Gasteiger partial charge in [-0.3, -0.25) is 0 Å². The number of imidazole rings is 1. The van der Waals surface area contributed by atoms with Crippen LogP contribution in [-0.2, 0) is 6.54 Å². The molecule has 1 aliphatic carbocycles. The summed E-state index contributed by atoms with van der Waals surface area (Å²) in [6, 6.07) is 0. The van der Waals surface area contributed by atoms with Gasteiger partial charge >= 0.3 is 0 Å². The molecule has 2 nitrogen and oxygen atoms in total. The molecule has 17 heavy (non-hydrogen) atoms. The summed E-state index contributed by atoms with van der Waals surface area (Å²) in [7, 11) is 0. The first-order chi connectivity index (χ1) is 8.39. The highest BCUT2D eigenvalue weighted by Crippen LogP contribution is 2.53. The van der Waals surface area contributed by atoms with E-state index in [9.17, 15) is 0 Å². The molecule has 0 aromatic carbocycles. The maximum absolute atomic E-state index is 4.19. The summed E-state index contributed by atoms with van der Waals surface area (Å²) in [5, 5.41) is 0. The molecular weight excluding hydrogens is 248 g/mol. The van der Waals surface area contributed by atoms with Crippen molar-refractivity contribution in [3.8, 4) is 0 Å². The predicted molar refractivity (Wildman–Crippen MR) is 76.4 cm³/mol. The largest absolute Gasteiger partial charge is 0.335 e. The van der Waals surface area contributed by atoms with Gasteiger partial charge in [0.25, 0.3) is 0 Å². The van der Waals surface area contributed by atoms with Gasteiger partial charge in [0.1, 0.15) is 0 Å². The van der Waals surface area contributed by atoms with Gasteiger partial charge in [-0.2, -0.15) is 0 Å². The van der Waals surface area contributed by atoms with Gasteiger partial charge in [0.2, 0.25) is 0 Å². The second-order valence-corrected chi connectivity index (χ2v) is 8.19. The molecule has 0 bridgehead atoms. The monoisotopic (exact) mass is 268 g/mol. The highest BCUT2D eigenvalue weighted by atomic mass is 32.2. The quantitative estimate of drug-likeness (QED) is 0.833. The Morgan fingerprint density at radius 1 is 1.18 bits per heavy atom. The number of hydrogen-bond acceptors (Lipinski definition) is 3. The van der Waals surface area contributed by atoms with Crippen molar-refractivity contribution in [2.75, 3.05) is 11.5 Å². The van der Waals surface area contributed by atoms with E-state index in [-0.39, 0.29) is 0 Å². The van der Waals surface area contributed by atoms with Gasteiger partial charge in [0.15, 0.2) is 0 Å². The first kappa shape index (κ1) is 12.0. The van der Waals surface area contributed by atoms with Crippen LogP contribution in [-0.4, -0.2) is 25.1 Å². The van der Waals surface area contributed by atoms with Crippen molar-refractivity contribution in [1.29, 1.82) is 0 Å². The summed E-state index contributed by atoms with van der Waals surface area (Å²) in [6.45, 7) is 1.15. The zero-order valence-corrected chi connectivity index (χ0v) is 11.8. The third-order valence-electron chi connectivity index (χ3n) is 3.92. The Morgan fingerprint density at radius 3 is 2.59 bits per heavy atom. The van der Waals surface area contributed by atoms with E-state index >= 15 is 0 Å². The molecule has 0 unspecified atom stereocenters. The average molecular weight is 268 g/mol. The number of nitrogens with zero attached hydrogens (tertiary/aromatic N) is 2. The van der Waals surface area contributed by atoms with E-state index in [4.69, 9.17) is 0 Å². The minimum Gasteiger partial charge on any atom is -0.335 e. The van der Waals surface area contributed by atoms with Crippen molar-refractivity contribution >= 4 is 23.5 Å². The van der Waals surface area contributed by atoms with Crippen LogP contribution in [0, 0.1) is 5.92 Å². The number of thioether (sulfide) groups is 2. The Balaban J connectivity index is 1.79. The Hall–Kier alpha value is -0.0900. The molecule has 4 heteroatoms. The smallest absolute Gasteiger partial charge is 0.0946 e. The Kier molecular flexibility index (Phi) is 3.71. The highest BCUT2D eigenvalue weighted by Gasteiger charge is 2.42. The second kappa shape index (κ2) is 5.27. The van der Waals surface area contributed by atoms with Crippen molar-refractivity contribution in [2.45, 2.75) is 42.7 Å². The van der Waals surface area contributed by atoms with E-state index < -0.39 is 0 Å². The molecule has 2 heterocycles. The third kappa shape index (κ3) is 2.53. The number of rotatable bonds is 3. The van der Waals surface area contributed by atoms with E-state index in [1.807, 2.05) is 12.5 Å². The minimum atomic E-state index is 0.440. The normalized spacial score (nSPS) is 25.2. The second-order valence-electron chi connectivity index (χ2n) is 5.08. The fourth-order valence-corrected chi connectivity index (χ4v) is 6.75. The van der Waals surface area contributed by atoms with E-state index in [0.29, 0.717) is 4.08 Å². The van der Waals surface area contributed by atoms with Crippen LogP contribution in [0.1, 0.15) is 32.1 Å². The Labute approximate surface area is 112 Å². The molecule has 1 saturated heterocycles. The molecular formula is C13H20N2S2. The highest BCUT2D eigenvalue weighted by molar-refractivity contribution is 8.18. The molecule has 0 N–H and O–H groups in total. The van der Waals surface area contributed by atoms with Crippen LogP contribution >= 0.6 is 23.5 Å². The SMILES string of the molecule is c1cn(CC2(C3CCCC3)SCCCS2)cn1. The molecule has 3 rings (SSSR count). The van der Waals surface area contributed by atoms with Crippen LogP contribution in [0.2, 0.25) is 0 Å². The minimum absolute atomic E-state index is 0.440. The molecule has 0 spiro atoms. The van der Waals surface area contributed by atoms with E-state index in [1.165, 1.54) is 43.6 Å². The van der Waals surface area contributed by atoms with E-state index in [0.717, 1.165) is 12.5 Å². The molecule has 2 aliphatic rings. The summed E-state index contributed by atoms with van der Waals surface area (Å²) in [5.41, 5.74) is 0. The molecule has 0 atom stereocenters. The van der Waals surface area contributed by atoms with Gasteiger partial charge in [0, 0.05) is 18.9 Å². The van der Waals surface area contributed by atoms with Crippen LogP contribution < -0.4 is 0 Å². The molecule has 2 fully saturated rings. The topological polar surface area (TPSA) is 17.8 Å². The zero-order valence-electron chi connectivity index (χ0n) is 10.2. The van der Waals surface area contributed by atoms with Crippen molar-refractivity contribution in [3.63, 3.8) is 0 Å². The van der Waals surface area contributed by atoms with Gasteiger partial charge < -0.3 is 4.57 Å². The summed E-state index contributed by atoms with van der Waals surface area (Å²) < 4.78 is 2.72. The Bertz CT molecular complexity index is 338. The Morgan fingerprint density at radius 2 is 1.94 bits per heavy atom. The molecule has 94 valence electrons. The lowest BCUT2D eigenvalue weighted by molar-refractivity contribution is 0.440. The van der Waals surface area contributed by atoms with Gasteiger partial charge in [0.05, 0.1) is 10.4 Å². The average Bonchev–Trinajstić information content (AvgIpc) is 3.02. The summed E-state index contributed by atoms with van der Waals surface area (Å²) in [5.74, 6) is 3.61. The van der Waals surface area contributed by atoms with Crippen LogP contribution in [0.25, 0.3) is 0 Å². The maximum atomic E-state index is 4.19. The first-order valence-corrected chi connectivity index (χ1v) is 8.60. The van der Waals surface area contributed by atoms with Gasteiger partial charge in [-0.1, -0.05) is 12.8 Å². The lowest BCUT2D eigenvalue weighted by atomic mass is 10.0. The third-order valence-corrected chi connectivity index (χ3v) is 7.52. The van der Waals surface area contributed by atoms with Gasteiger partial charge in [-0.15, -0.1) is 23.5 Å². The van der Waals surface area contributed by atoms with E-state index in [1.54, 1.807) is 0 Å². The van der Waals surface area contributed by atoms with Crippen molar-refractivity contribution < 1.29 is 0 Å². The summed E-state index contributed by atoms with van der Waals surface area (Å²) in [4.78, 5) is 4.19. The fraction of sp³-hybridized carbons (Fsp3) is 0.769. The molecule has 1 aliphatic heterocycles. The molecule has 0 radical (unpaired) electrons. The van der Waals surface area contributed by atoms with Crippen LogP contribution in [0.4, 0.5) is 0 Å². The molecule has 1 aromatic heterocycles. The van der Waals surface area contributed by atoms with Crippen LogP contribution in [0.3, 0.4) is 0 Å². The standard InChI is InChI=1S/C13H20N2S2/c1-2-5-12(4-1)13(16-8-3-9-17-13)10-15-7-6-14-11-15/h6-7,11-12H,1-5,8-10H2. The summed E-state index contributed by atoms with van der Waals surface area (Å²) in [6.07, 6.45) is 13.1. The van der Waals surface area contributed by atoms with E-state index in [2.05, 4.69) is 39.3 Å². The lowest BCUT2D eigenvalue weighted by Crippen LogP contribution is -2.37. The number of aromatic nitrogens is 2. The van der Waals surface area contributed by atoms with Gasteiger partial charge in [-0.05, 0) is 36.7 Å². The van der Waals surface area contributed by atoms with Gasteiger partial charge in [-0.25, -0.2) is 4.98 Å². The summed E-state index contributed by atoms with van der Waals surface area (Å²) >= 11 is 4.44. The van der Waals surface area contributed by atoms with Crippen molar-refractivity contribution in [3.05, 3.63) is 18.7 Å².